The van der Waals surface area contributed by atoms with Gasteiger partial charge in [-0.2, -0.15) is 0 Å². The Morgan fingerprint density at radius 2 is 1.90 bits per heavy atom. The van der Waals surface area contributed by atoms with Gasteiger partial charge in [-0.05, 0) is 36.2 Å². The fourth-order valence-electron chi connectivity index (χ4n) is 4.85. The molecule has 0 spiro atoms. The number of piperazine rings is 1. The van der Waals surface area contributed by atoms with Gasteiger partial charge in [-0.3, -0.25) is 14.5 Å². The van der Waals surface area contributed by atoms with Gasteiger partial charge in [-0.25, -0.2) is 0 Å². The number of fused-ring (bicyclic) bond motifs is 5. The first-order valence-corrected chi connectivity index (χ1v) is 9.69. The number of allylic oxidation sites excluding steroid dienone is 1. The molecule has 4 heterocycles. The van der Waals surface area contributed by atoms with E-state index in [1.807, 2.05) is 36.4 Å². The zero-order valence-corrected chi connectivity index (χ0v) is 15.8. The molecule has 7 nitrogen and oxygen atoms in total. The number of carbonyl (C=O) groups is 2. The first kappa shape index (κ1) is 16.5. The highest BCUT2D eigenvalue weighted by molar-refractivity contribution is 6.02. The Morgan fingerprint density at radius 3 is 2.79 bits per heavy atom. The number of hydrogen-bond acceptors (Lipinski definition) is 5. The number of hydrogen-bond donors (Lipinski definition) is 1. The van der Waals surface area contributed by atoms with Gasteiger partial charge < -0.3 is 19.7 Å². The van der Waals surface area contributed by atoms with Crippen molar-refractivity contribution in [1.82, 2.24) is 9.80 Å². The highest BCUT2D eigenvalue weighted by Gasteiger charge is 2.48. The van der Waals surface area contributed by atoms with Crippen LogP contribution in [0.1, 0.15) is 23.5 Å². The van der Waals surface area contributed by atoms with E-state index in [9.17, 15) is 9.59 Å². The van der Waals surface area contributed by atoms with Crippen LogP contribution in [0.15, 0.2) is 48.2 Å². The van der Waals surface area contributed by atoms with Crippen LogP contribution in [-0.4, -0.2) is 48.0 Å². The van der Waals surface area contributed by atoms with Gasteiger partial charge in [0.2, 0.25) is 18.6 Å². The third-order valence-corrected chi connectivity index (χ3v) is 6.17. The topological polar surface area (TPSA) is 71.1 Å². The summed E-state index contributed by atoms with van der Waals surface area (Å²) in [4.78, 5) is 29.3. The molecule has 4 aliphatic rings. The van der Waals surface area contributed by atoms with E-state index < -0.39 is 6.04 Å². The van der Waals surface area contributed by atoms with E-state index in [-0.39, 0.29) is 31.1 Å². The Kier molecular flexibility index (Phi) is 3.27. The summed E-state index contributed by atoms with van der Waals surface area (Å²) in [6, 6.07) is 13.3. The summed E-state index contributed by atoms with van der Waals surface area (Å²) in [6.07, 6.45) is 0.572. The van der Waals surface area contributed by atoms with Crippen molar-refractivity contribution in [3.05, 3.63) is 59.3 Å². The molecule has 1 N–H and O–H groups in total. The molecule has 0 aromatic heterocycles. The summed E-state index contributed by atoms with van der Waals surface area (Å²) in [5.41, 5.74) is 4.75. The monoisotopic (exact) mass is 389 g/mol. The van der Waals surface area contributed by atoms with Crippen LogP contribution in [0.4, 0.5) is 5.69 Å². The van der Waals surface area contributed by atoms with E-state index in [4.69, 9.17) is 9.47 Å². The highest BCUT2D eigenvalue weighted by Crippen LogP contribution is 2.50. The number of para-hydroxylation sites is 1. The average molecular weight is 389 g/mol. The smallest absolute Gasteiger partial charge is 0.247 e. The zero-order chi connectivity index (χ0) is 19.7. The van der Waals surface area contributed by atoms with Crippen LogP contribution >= 0.6 is 0 Å². The molecule has 1 fully saturated rings. The number of nitrogens with zero attached hydrogens (tertiary/aromatic N) is 2. The lowest BCUT2D eigenvalue weighted by Crippen LogP contribution is -2.59. The molecule has 0 bridgehead atoms. The van der Waals surface area contributed by atoms with Gasteiger partial charge in [0.1, 0.15) is 6.04 Å². The van der Waals surface area contributed by atoms with Gasteiger partial charge in [0.05, 0.1) is 12.2 Å². The second kappa shape index (κ2) is 5.76. The van der Waals surface area contributed by atoms with Crippen LogP contribution in [0, 0.1) is 0 Å². The van der Waals surface area contributed by atoms with E-state index >= 15 is 0 Å². The Labute approximate surface area is 167 Å². The van der Waals surface area contributed by atoms with E-state index in [2.05, 4.69) is 11.4 Å². The summed E-state index contributed by atoms with van der Waals surface area (Å²) in [6.45, 7) is 0.264. The molecule has 146 valence electrons. The number of ether oxygens (including phenoxy) is 2. The molecule has 6 rings (SSSR count). The molecule has 2 atom stereocenters. The molecule has 0 unspecified atom stereocenters. The van der Waals surface area contributed by atoms with Gasteiger partial charge in [0, 0.05) is 29.9 Å². The molecule has 2 aromatic rings. The van der Waals surface area contributed by atoms with Crippen molar-refractivity contribution in [2.75, 3.05) is 25.7 Å². The Morgan fingerprint density at radius 1 is 1.07 bits per heavy atom. The minimum Gasteiger partial charge on any atom is -0.454 e. The van der Waals surface area contributed by atoms with Crippen LogP contribution in [0.2, 0.25) is 0 Å². The number of likely N-dealkylation sites (N-methyl/N-ethyl adjacent to an activating group) is 1. The van der Waals surface area contributed by atoms with Gasteiger partial charge in [-0.1, -0.05) is 18.2 Å². The molecule has 4 aliphatic heterocycles. The summed E-state index contributed by atoms with van der Waals surface area (Å²) in [5, 5.41) is 3.52. The van der Waals surface area contributed by atoms with Crippen molar-refractivity contribution in [1.29, 1.82) is 0 Å². The lowest BCUT2D eigenvalue weighted by atomic mass is 9.83. The Balaban J connectivity index is 1.57. The quantitative estimate of drug-likeness (QED) is 0.811. The molecular weight excluding hydrogens is 370 g/mol. The number of nitrogens with one attached hydrogen (secondary N) is 1. The van der Waals surface area contributed by atoms with E-state index in [0.717, 1.165) is 28.2 Å². The summed E-state index contributed by atoms with van der Waals surface area (Å²) in [5.74, 6) is 1.28. The summed E-state index contributed by atoms with van der Waals surface area (Å²) >= 11 is 0. The zero-order valence-electron chi connectivity index (χ0n) is 15.8. The average Bonchev–Trinajstić information content (AvgIpc) is 3.34. The lowest BCUT2D eigenvalue weighted by molar-refractivity contribution is -0.151. The third kappa shape index (κ3) is 2.24. The molecule has 2 aromatic carbocycles. The molecular formula is C22H19N3O4. The fourth-order valence-corrected chi connectivity index (χ4v) is 4.85. The third-order valence-electron chi connectivity index (χ3n) is 6.17. The van der Waals surface area contributed by atoms with Gasteiger partial charge >= 0.3 is 0 Å². The number of amides is 2. The first-order valence-electron chi connectivity index (χ1n) is 9.69. The maximum Gasteiger partial charge on any atom is 0.247 e. The molecule has 2 amide bonds. The molecule has 0 aliphatic carbocycles. The maximum atomic E-state index is 13.1. The minimum atomic E-state index is -0.511. The van der Waals surface area contributed by atoms with Gasteiger partial charge in [0.25, 0.3) is 0 Å². The first-order chi connectivity index (χ1) is 14.1. The van der Waals surface area contributed by atoms with Crippen LogP contribution in [0.25, 0.3) is 5.70 Å². The van der Waals surface area contributed by atoms with Crippen molar-refractivity contribution in [3.63, 3.8) is 0 Å². The van der Waals surface area contributed by atoms with Crippen LogP contribution in [-0.2, 0) is 9.59 Å². The number of carbonyl (C=O) groups excluding carboxylic acids is 2. The van der Waals surface area contributed by atoms with Crippen LogP contribution < -0.4 is 14.8 Å². The molecule has 29 heavy (non-hydrogen) atoms. The van der Waals surface area contributed by atoms with E-state index in [1.54, 1.807) is 11.9 Å². The van der Waals surface area contributed by atoms with Crippen molar-refractivity contribution in [2.24, 2.45) is 0 Å². The SMILES string of the molecule is CN1CC(=O)N2C(c3ccc4c(c3)OCO4)=C3Nc4ccccc4[C@H]3C[C@@H]2C1=O. The molecule has 0 saturated carbocycles. The highest BCUT2D eigenvalue weighted by atomic mass is 16.7. The van der Waals surface area contributed by atoms with Crippen molar-refractivity contribution in [3.8, 4) is 11.5 Å². The summed E-state index contributed by atoms with van der Waals surface area (Å²) in [7, 11) is 1.69. The van der Waals surface area contributed by atoms with Gasteiger partial charge in [0.15, 0.2) is 11.5 Å². The minimum absolute atomic E-state index is 0.0220. The molecule has 0 radical (unpaired) electrons. The second-order valence-corrected chi connectivity index (χ2v) is 7.80. The van der Waals surface area contributed by atoms with Gasteiger partial charge in [-0.15, -0.1) is 0 Å². The fraction of sp³-hybridized carbons (Fsp3) is 0.273. The Bertz CT molecular complexity index is 1110. The van der Waals surface area contributed by atoms with Crippen molar-refractivity contribution >= 4 is 23.2 Å². The lowest BCUT2D eigenvalue weighted by Gasteiger charge is -2.44. The predicted molar refractivity (Wildman–Crippen MR) is 105 cm³/mol. The number of benzene rings is 2. The predicted octanol–water partition coefficient (Wildman–Crippen LogP) is 2.37. The number of anilines is 1. The largest absolute Gasteiger partial charge is 0.454 e. The number of rotatable bonds is 1. The maximum absolute atomic E-state index is 13.1. The van der Waals surface area contributed by atoms with Crippen LogP contribution in [0.5, 0.6) is 11.5 Å². The van der Waals surface area contributed by atoms with Crippen molar-refractivity contribution in [2.45, 2.75) is 18.4 Å². The standard InChI is InChI=1S/C22H19N3O4/c1-24-10-19(26)25-16(22(24)27)9-14-13-4-2-3-5-15(13)23-20(14)21(25)12-6-7-17-18(8-12)29-11-28-17/h2-8,14,16,23H,9-11H2,1H3/t14-,16-/m1/s1. The molecule has 1 saturated heterocycles. The molecule has 7 heteroatoms. The second-order valence-electron chi connectivity index (χ2n) is 7.80. The van der Waals surface area contributed by atoms with Crippen LogP contribution in [0.3, 0.4) is 0 Å². The van der Waals surface area contributed by atoms with E-state index in [1.165, 1.54) is 4.90 Å². The van der Waals surface area contributed by atoms with E-state index in [0.29, 0.717) is 17.9 Å². The normalized spacial score (nSPS) is 24.3. The van der Waals surface area contributed by atoms with Crippen molar-refractivity contribution < 1.29 is 19.1 Å². The summed E-state index contributed by atoms with van der Waals surface area (Å²) < 4.78 is 11.0. The Hall–Kier alpha value is -3.48.